The fourth-order valence-corrected chi connectivity index (χ4v) is 3.73. The number of nitrogens with one attached hydrogen (secondary N) is 2. The fourth-order valence-electron chi connectivity index (χ4n) is 3.73. The highest BCUT2D eigenvalue weighted by Crippen LogP contribution is 2.24. The molecule has 3 rings (SSSR count). The van der Waals surface area contributed by atoms with Crippen LogP contribution in [0.1, 0.15) is 25.7 Å². The van der Waals surface area contributed by atoms with Gasteiger partial charge >= 0.3 is 6.03 Å². The van der Waals surface area contributed by atoms with E-state index in [2.05, 4.69) is 15.5 Å². The van der Waals surface area contributed by atoms with Crippen LogP contribution in [0.2, 0.25) is 0 Å². The van der Waals surface area contributed by atoms with Crippen LogP contribution >= 0.6 is 0 Å². The Morgan fingerprint density at radius 1 is 1.12 bits per heavy atom. The minimum absolute atomic E-state index is 0.127. The largest absolute Gasteiger partial charge is 0.371 e. The summed E-state index contributed by atoms with van der Waals surface area (Å²) in [6.07, 6.45) is 4.47. The standard InChI is InChI=1S/C19H28F2N4O/c20-17-5-4-16(12-18(17)21)25-11-6-15(14-25)13-23-19(26)22-7-3-10-24-8-1-2-9-24/h4-5,12,15H,1-3,6-11,13-14H2,(H2,22,23,26)/t15-/m1/s1. The number of likely N-dealkylation sites (tertiary alicyclic amines) is 1. The summed E-state index contributed by atoms with van der Waals surface area (Å²) in [6, 6.07) is 3.86. The molecule has 2 amide bonds. The molecule has 1 aromatic carbocycles. The summed E-state index contributed by atoms with van der Waals surface area (Å²) >= 11 is 0. The lowest BCUT2D eigenvalue weighted by Gasteiger charge is -2.19. The number of hydrogen-bond donors (Lipinski definition) is 2. The van der Waals surface area contributed by atoms with Crippen molar-refractivity contribution in [2.45, 2.75) is 25.7 Å². The maximum atomic E-state index is 13.4. The zero-order chi connectivity index (χ0) is 18.4. The van der Waals surface area contributed by atoms with Gasteiger partial charge in [0.15, 0.2) is 11.6 Å². The molecule has 2 heterocycles. The van der Waals surface area contributed by atoms with Crippen molar-refractivity contribution >= 4 is 11.7 Å². The van der Waals surface area contributed by atoms with Gasteiger partial charge in [-0.25, -0.2) is 13.6 Å². The van der Waals surface area contributed by atoms with Crippen LogP contribution < -0.4 is 15.5 Å². The molecule has 2 N–H and O–H groups in total. The third-order valence-corrected chi connectivity index (χ3v) is 5.24. The highest BCUT2D eigenvalue weighted by Gasteiger charge is 2.23. The Kier molecular flexibility index (Phi) is 6.66. The van der Waals surface area contributed by atoms with Gasteiger partial charge in [-0.05, 0) is 63.4 Å². The Labute approximate surface area is 153 Å². The summed E-state index contributed by atoms with van der Waals surface area (Å²) in [7, 11) is 0. The second kappa shape index (κ2) is 9.16. The zero-order valence-corrected chi connectivity index (χ0v) is 15.1. The molecule has 26 heavy (non-hydrogen) atoms. The second-order valence-corrected chi connectivity index (χ2v) is 7.24. The van der Waals surface area contributed by atoms with E-state index in [0.29, 0.717) is 24.7 Å². The Morgan fingerprint density at radius 3 is 2.69 bits per heavy atom. The summed E-state index contributed by atoms with van der Waals surface area (Å²) < 4.78 is 26.4. The van der Waals surface area contributed by atoms with E-state index in [4.69, 9.17) is 0 Å². The third kappa shape index (κ3) is 5.30. The Bertz CT molecular complexity index is 607. The molecular weight excluding hydrogens is 338 g/mol. The molecule has 0 radical (unpaired) electrons. The van der Waals surface area contributed by atoms with E-state index < -0.39 is 11.6 Å². The van der Waals surface area contributed by atoms with Gasteiger partial charge in [0.1, 0.15) is 0 Å². The van der Waals surface area contributed by atoms with Gasteiger partial charge in [0.25, 0.3) is 0 Å². The number of hydrogen-bond acceptors (Lipinski definition) is 3. The first kappa shape index (κ1) is 18.9. The molecule has 2 aliphatic heterocycles. The van der Waals surface area contributed by atoms with Crippen molar-refractivity contribution < 1.29 is 13.6 Å². The number of benzene rings is 1. The van der Waals surface area contributed by atoms with Gasteiger partial charge in [-0.1, -0.05) is 0 Å². The van der Waals surface area contributed by atoms with Crippen molar-refractivity contribution in [2.24, 2.45) is 5.92 Å². The topological polar surface area (TPSA) is 47.6 Å². The first-order valence-electron chi connectivity index (χ1n) is 9.56. The molecule has 2 aliphatic rings. The number of anilines is 1. The van der Waals surface area contributed by atoms with E-state index in [1.807, 2.05) is 4.90 Å². The highest BCUT2D eigenvalue weighted by atomic mass is 19.2. The maximum absolute atomic E-state index is 13.4. The van der Waals surface area contributed by atoms with Crippen LogP contribution in [0.3, 0.4) is 0 Å². The first-order chi connectivity index (χ1) is 12.6. The van der Waals surface area contributed by atoms with Crippen LogP contribution in [0.4, 0.5) is 19.3 Å². The molecule has 0 aromatic heterocycles. The minimum atomic E-state index is -0.826. The summed E-state index contributed by atoms with van der Waals surface area (Å²) in [5.41, 5.74) is 0.692. The molecule has 0 bridgehead atoms. The lowest BCUT2D eigenvalue weighted by Crippen LogP contribution is -2.39. The molecule has 0 saturated carbocycles. The van der Waals surface area contributed by atoms with E-state index >= 15 is 0 Å². The Balaban J connectivity index is 1.31. The number of rotatable bonds is 7. The van der Waals surface area contributed by atoms with Gasteiger partial charge in [0.05, 0.1) is 0 Å². The molecule has 7 heteroatoms. The number of carbonyl (C=O) groups is 1. The van der Waals surface area contributed by atoms with E-state index in [0.717, 1.165) is 38.5 Å². The van der Waals surface area contributed by atoms with Gasteiger partial charge in [-0.3, -0.25) is 0 Å². The third-order valence-electron chi connectivity index (χ3n) is 5.24. The van der Waals surface area contributed by atoms with Crippen LogP contribution in [0, 0.1) is 17.6 Å². The number of urea groups is 1. The van der Waals surface area contributed by atoms with Crippen LogP contribution in [0.5, 0.6) is 0 Å². The average Bonchev–Trinajstić information content (AvgIpc) is 3.31. The van der Waals surface area contributed by atoms with E-state index in [-0.39, 0.29) is 6.03 Å². The summed E-state index contributed by atoms with van der Waals surface area (Å²) in [5.74, 6) is -1.33. The van der Waals surface area contributed by atoms with Gasteiger partial charge < -0.3 is 20.4 Å². The molecular formula is C19H28F2N4O. The van der Waals surface area contributed by atoms with Crippen LogP contribution in [-0.2, 0) is 0 Å². The molecule has 0 aliphatic carbocycles. The maximum Gasteiger partial charge on any atom is 0.314 e. The van der Waals surface area contributed by atoms with E-state index in [1.165, 1.54) is 32.0 Å². The minimum Gasteiger partial charge on any atom is -0.371 e. The van der Waals surface area contributed by atoms with Gasteiger partial charge in [0, 0.05) is 37.9 Å². The lowest BCUT2D eigenvalue weighted by molar-refractivity contribution is 0.238. The van der Waals surface area contributed by atoms with Gasteiger partial charge in [-0.15, -0.1) is 0 Å². The van der Waals surface area contributed by atoms with Crippen LogP contribution in [-0.4, -0.2) is 56.7 Å². The monoisotopic (exact) mass is 366 g/mol. The van der Waals surface area contributed by atoms with Crippen molar-refractivity contribution in [2.75, 3.05) is 50.7 Å². The Morgan fingerprint density at radius 2 is 1.92 bits per heavy atom. The molecule has 144 valence electrons. The predicted octanol–water partition coefficient (Wildman–Crippen LogP) is 2.58. The van der Waals surface area contributed by atoms with Crippen LogP contribution in [0.15, 0.2) is 18.2 Å². The van der Waals surface area contributed by atoms with Gasteiger partial charge in [-0.2, -0.15) is 0 Å². The predicted molar refractivity (Wildman–Crippen MR) is 98.4 cm³/mol. The molecule has 1 aromatic rings. The molecule has 1 atom stereocenters. The normalized spacial score (nSPS) is 20.5. The molecule has 2 fully saturated rings. The number of carbonyl (C=O) groups excluding carboxylic acids is 1. The quantitative estimate of drug-likeness (QED) is 0.729. The van der Waals surface area contributed by atoms with Crippen LogP contribution in [0.25, 0.3) is 0 Å². The molecule has 0 spiro atoms. The second-order valence-electron chi connectivity index (χ2n) is 7.24. The first-order valence-corrected chi connectivity index (χ1v) is 9.56. The van der Waals surface area contributed by atoms with E-state index in [9.17, 15) is 13.6 Å². The number of halogens is 2. The number of amides is 2. The van der Waals surface area contributed by atoms with E-state index in [1.54, 1.807) is 6.07 Å². The van der Waals surface area contributed by atoms with Crippen molar-refractivity contribution in [3.63, 3.8) is 0 Å². The summed E-state index contributed by atoms with van der Waals surface area (Å²) in [6.45, 7) is 6.22. The average molecular weight is 366 g/mol. The summed E-state index contributed by atoms with van der Waals surface area (Å²) in [5, 5.41) is 5.83. The highest BCUT2D eigenvalue weighted by molar-refractivity contribution is 5.73. The zero-order valence-electron chi connectivity index (χ0n) is 15.1. The summed E-state index contributed by atoms with van der Waals surface area (Å²) in [4.78, 5) is 16.4. The molecule has 5 nitrogen and oxygen atoms in total. The van der Waals surface area contributed by atoms with Crippen molar-refractivity contribution in [1.29, 1.82) is 0 Å². The van der Waals surface area contributed by atoms with Crippen molar-refractivity contribution in [3.8, 4) is 0 Å². The van der Waals surface area contributed by atoms with Crippen molar-refractivity contribution in [3.05, 3.63) is 29.8 Å². The fraction of sp³-hybridized carbons (Fsp3) is 0.632. The smallest absolute Gasteiger partial charge is 0.314 e. The lowest BCUT2D eigenvalue weighted by atomic mass is 10.1. The molecule has 0 unspecified atom stereocenters. The van der Waals surface area contributed by atoms with Crippen molar-refractivity contribution in [1.82, 2.24) is 15.5 Å². The molecule has 2 saturated heterocycles. The number of nitrogens with zero attached hydrogens (tertiary/aromatic N) is 2. The van der Waals surface area contributed by atoms with Gasteiger partial charge in [0.2, 0.25) is 0 Å². The Hall–Kier alpha value is -1.89. The SMILES string of the molecule is O=C(NCCCN1CCCC1)NC[C@H]1CCN(c2ccc(F)c(F)c2)C1.